The lowest BCUT2D eigenvalue weighted by molar-refractivity contribution is 0.102. The van der Waals surface area contributed by atoms with Gasteiger partial charge >= 0.3 is 0 Å². The first-order valence-corrected chi connectivity index (χ1v) is 10.5. The van der Waals surface area contributed by atoms with E-state index < -0.39 is 0 Å². The zero-order valence-electron chi connectivity index (χ0n) is 18.4. The van der Waals surface area contributed by atoms with Gasteiger partial charge in [0, 0.05) is 55.1 Å². The van der Waals surface area contributed by atoms with Crippen molar-refractivity contribution in [2.45, 2.75) is 6.04 Å². The molecule has 4 aromatic rings. The molecule has 0 bridgehead atoms. The Balaban J connectivity index is 1.34. The van der Waals surface area contributed by atoms with Gasteiger partial charge in [0.1, 0.15) is 11.6 Å². The van der Waals surface area contributed by atoms with Crippen molar-refractivity contribution in [3.05, 3.63) is 66.9 Å². The van der Waals surface area contributed by atoms with Gasteiger partial charge in [-0.2, -0.15) is 0 Å². The fourth-order valence-corrected chi connectivity index (χ4v) is 3.89. The quantitative estimate of drug-likeness (QED) is 0.527. The van der Waals surface area contributed by atoms with Gasteiger partial charge in [0.2, 0.25) is 0 Å². The Kier molecular flexibility index (Phi) is 5.07. The minimum absolute atomic E-state index is 0.201. The second-order valence-electron chi connectivity index (χ2n) is 8.40. The third-order valence-corrected chi connectivity index (χ3v) is 6.00. The van der Waals surface area contributed by atoms with Crippen molar-refractivity contribution < 1.29 is 4.79 Å². The summed E-state index contributed by atoms with van der Waals surface area (Å²) in [6, 6.07) is 12.1. The van der Waals surface area contributed by atoms with E-state index in [-0.39, 0.29) is 5.91 Å². The normalized spacial score (nSPS) is 14.1. The van der Waals surface area contributed by atoms with Crippen LogP contribution in [0.5, 0.6) is 0 Å². The molecule has 4 heterocycles. The molecular weight excluding hydrogens is 402 g/mol. The largest absolute Gasteiger partial charge is 0.353 e. The summed E-state index contributed by atoms with van der Waals surface area (Å²) in [5.74, 6) is 1.13. The molecule has 32 heavy (non-hydrogen) atoms. The topological polar surface area (TPSA) is 79.2 Å². The average molecular weight is 428 g/mol. The summed E-state index contributed by atoms with van der Waals surface area (Å²) >= 11 is 0. The van der Waals surface area contributed by atoms with Gasteiger partial charge in [-0.05, 0) is 43.7 Å². The SMILES string of the molecule is CN(C)C1CN(c2cc(C(=O)Nc3cc4cc(-c5cncn5C)ccc4cn3)ccn2)C1. The number of rotatable bonds is 5. The highest BCUT2D eigenvalue weighted by atomic mass is 16.1. The fraction of sp³-hybridized carbons (Fsp3) is 0.250. The number of imidazole rings is 1. The maximum atomic E-state index is 12.9. The summed E-state index contributed by atoms with van der Waals surface area (Å²) in [5.41, 5.74) is 2.65. The summed E-state index contributed by atoms with van der Waals surface area (Å²) < 4.78 is 1.98. The first-order chi connectivity index (χ1) is 15.5. The van der Waals surface area contributed by atoms with Crippen LogP contribution >= 0.6 is 0 Å². The van der Waals surface area contributed by atoms with Crippen molar-refractivity contribution in [1.82, 2.24) is 24.4 Å². The molecule has 0 aliphatic carbocycles. The number of amides is 1. The summed E-state index contributed by atoms with van der Waals surface area (Å²) in [6.45, 7) is 1.83. The third kappa shape index (κ3) is 3.80. The number of likely N-dealkylation sites (N-methyl/N-ethyl adjacent to an activating group) is 1. The van der Waals surface area contributed by atoms with Crippen LogP contribution in [-0.2, 0) is 7.05 Å². The summed E-state index contributed by atoms with van der Waals surface area (Å²) in [7, 11) is 6.12. The number of aryl methyl sites for hydroxylation is 1. The second kappa shape index (κ2) is 8.05. The van der Waals surface area contributed by atoms with Crippen molar-refractivity contribution in [2.24, 2.45) is 7.05 Å². The third-order valence-electron chi connectivity index (χ3n) is 6.00. The zero-order chi connectivity index (χ0) is 22.2. The molecule has 0 radical (unpaired) electrons. The molecule has 1 N–H and O–H groups in total. The molecule has 0 spiro atoms. The van der Waals surface area contributed by atoms with Crippen molar-refractivity contribution in [2.75, 3.05) is 37.4 Å². The first kappa shape index (κ1) is 20.1. The van der Waals surface area contributed by atoms with E-state index in [1.54, 1.807) is 24.8 Å². The van der Waals surface area contributed by atoms with Crippen molar-refractivity contribution >= 4 is 28.3 Å². The summed E-state index contributed by atoms with van der Waals surface area (Å²) in [6.07, 6.45) is 7.07. The molecule has 1 amide bonds. The van der Waals surface area contributed by atoms with Crippen LogP contribution in [0.3, 0.4) is 0 Å². The Labute approximate surface area is 186 Å². The van der Waals surface area contributed by atoms with Crippen molar-refractivity contribution in [1.29, 1.82) is 0 Å². The minimum Gasteiger partial charge on any atom is -0.353 e. The number of anilines is 2. The van der Waals surface area contributed by atoms with E-state index in [0.717, 1.165) is 40.9 Å². The van der Waals surface area contributed by atoms with E-state index in [1.165, 1.54) is 0 Å². The van der Waals surface area contributed by atoms with Gasteiger partial charge in [0.05, 0.1) is 18.2 Å². The van der Waals surface area contributed by atoms with Crippen LogP contribution in [0.25, 0.3) is 22.0 Å². The van der Waals surface area contributed by atoms with E-state index in [9.17, 15) is 4.79 Å². The summed E-state index contributed by atoms with van der Waals surface area (Å²) in [4.78, 5) is 30.3. The molecule has 3 aromatic heterocycles. The highest BCUT2D eigenvalue weighted by molar-refractivity contribution is 6.05. The Hall–Kier alpha value is -3.78. The molecule has 0 saturated carbocycles. The van der Waals surface area contributed by atoms with Gasteiger partial charge in [0.15, 0.2) is 0 Å². The number of carbonyl (C=O) groups is 1. The maximum absolute atomic E-state index is 12.9. The molecule has 5 rings (SSSR count). The van der Waals surface area contributed by atoms with Crippen LogP contribution in [0.15, 0.2) is 61.3 Å². The standard InChI is InChI=1S/C24H25N7O/c1-29(2)20-13-31(14-20)23-10-17(6-7-26-23)24(32)28-22-9-19-8-16(4-5-18(19)11-27-22)21-12-25-15-30(21)3/h4-12,15,20H,13-14H2,1-3H3,(H,27,28,32). The van der Waals surface area contributed by atoms with E-state index in [4.69, 9.17) is 0 Å². The molecule has 8 heteroatoms. The van der Waals surface area contributed by atoms with Crippen LogP contribution in [0.1, 0.15) is 10.4 Å². The van der Waals surface area contributed by atoms with Gasteiger partial charge < -0.3 is 19.7 Å². The van der Waals surface area contributed by atoms with Gasteiger partial charge in [-0.3, -0.25) is 4.79 Å². The molecule has 0 unspecified atom stereocenters. The predicted molar refractivity (Wildman–Crippen MR) is 126 cm³/mol. The number of nitrogens with zero attached hydrogens (tertiary/aromatic N) is 6. The summed E-state index contributed by atoms with van der Waals surface area (Å²) in [5, 5.41) is 4.93. The number of carbonyl (C=O) groups excluding carboxylic acids is 1. The molecule has 8 nitrogen and oxygen atoms in total. The Bertz CT molecular complexity index is 1290. The maximum Gasteiger partial charge on any atom is 0.257 e. The second-order valence-corrected chi connectivity index (χ2v) is 8.40. The minimum atomic E-state index is -0.201. The van der Waals surface area contributed by atoms with Gasteiger partial charge in [-0.25, -0.2) is 15.0 Å². The Morgan fingerprint density at radius 2 is 1.91 bits per heavy atom. The lowest BCUT2D eigenvalue weighted by Gasteiger charge is -2.43. The highest BCUT2D eigenvalue weighted by Crippen LogP contribution is 2.26. The van der Waals surface area contributed by atoms with Crippen LogP contribution in [0.2, 0.25) is 0 Å². The number of pyridine rings is 2. The zero-order valence-corrected chi connectivity index (χ0v) is 18.4. The fourth-order valence-electron chi connectivity index (χ4n) is 3.89. The van der Waals surface area contributed by atoms with Crippen molar-refractivity contribution in [3.63, 3.8) is 0 Å². The number of fused-ring (bicyclic) bond motifs is 1. The van der Waals surface area contributed by atoms with Crippen LogP contribution in [0, 0.1) is 0 Å². The molecule has 1 aliphatic heterocycles. The van der Waals surface area contributed by atoms with E-state index in [0.29, 0.717) is 17.4 Å². The predicted octanol–water partition coefficient (Wildman–Crippen LogP) is 3.03. The van der Waals surface area contributed by atoms with Gasteiger partial charge in [-0.1, -0.05) is 12.1 Å². The van der Waals surface area contributed by atoms with Gasteiger partial charge in [-0.15, -0.1) is 0 Å². The Morgan fingerprint density at radius 3 is 2.66 bits per heavy atom. The number of aromatic nitrogens is 4. The van der Waals surface area contributed by atoms with E-state index >= 15 is 0 Å². The molecule has 1 aromatic carbocycles. The number of benzene rings is 1. The molecule has 1 aliphatic rings. The van der Waals surface area contributed by atoms with Crippen molar-refractivity contribution in [3.8, 4) is 11.3 Å². The van der Waals surface area contributed by atoms with E-state index in [2.05, 4.69) is 56.3 Å². The molecule has 1 saturated heterocycles. The van der Waals surface area contributed by atoms with Gasteiger partial charge in [0.25, 0.3) is 5.91 Å². The monoisotopic (exact) mass is 427 g/mol. The smallest absolute Gasteiger partial charge is 0.257 e. The highest BCUT2D eigenvalue weighted by Gasteiger charge is 2.29. The number of nitrogens with one attached hydrogen (secondary N) is 1. The first-order valence-electron chi connectivity index (χ1n) is 10.5. The number of hydrogen-bond acceptors (Lipinski definition) is 6. The number of hydrogen-bond donors (Lipinski definition) is 1. The molecular formula is C24H25N7O. The van der Waals surface area contributed by atoms with E-state index in [1.807, 2.05) is 36.0 Å². The lowest BCUT2D eigenvalue weighted by atomic mass is 10.1. The van der Waals surface area contributed by atoms with Crippen LogP contribution in [0.4, 0.5) is 11.6 Å². The molecule has 1 fully saturated rings. The molecule has 0 atom stereocenters. The van der Waals surface area contributed by atoms with Crippen LogP contribution < -0.4 is 10.2 Å². The lowest BCUT2D eigenvalue weighted by Crippen LogP contribution is -2.57. The average Bonchev–Trinajstić information content (AvgIpc) is 3.18. The van der Waals surface area contributed by atoms with Crippen LogP contribution in [-0.4, -0.2) is 63.6 Å². The Morgan fingerprint density at radius 1 is 1.06 bits per heavy atom. The molecule has 162 valence electrons.